The highest BCUT2D eigenvalue weighted by atomic mass is 32.1. The normalized spacial score (nSPS) is 10.5. The number of carbonyl (C=O) groups is 2. The zero-order valence-electron chi connectivity index (χ0n) is 14.8. The van der Waals surface area contributed by atoms with Crippen molar-refractivity contribution in [2.45, 2.75) is 13.8 Å². The van der Waals surface area contributed by atoms with Crippen molar-refractivity contribution in [2.24, 2.45) is 0 Å². The van der Waals surface area contributed by atoms with E-state index in [9.17, 15) is 14.0 Å². The second kappa shape index (κ2) is 8.09. The third-order valence-corrected chi connectivity index (χ3v) is 4.92. The number of aryl methyl sites for hydroxylation is 2. The minimum absolute atomic E-state index is 0.0435. The molecule has 2 aromatic carbocycles. The highest BCUT2D eigenvalue weighted by Crippen LogP contribution is 2.28. The molecule has 27 heavy (non-hydrogen) atoms. The predicted octanol–water partition coefficient (Wildman–Crippen LogP) is 4.36. The van der Waals surface area contributed by atoms with Crippen LogP contribution in [0.1, 0.15) is 20.9 Å². The van der Waals surface area contributed by atoms with E-state index in [1.807, 2.05) is 30.3 Å². The number of benzene rings is 2. The molecule has 0 unspecified atom stereocenters. The molecule has 0 fully saturated rings. The van der Waals surface area contributed by atoms with Gasteiger partial charge in [0.05, 0.1) is 11.4 Å². The predicted molar refractivity (Wildman–Crippen MR) is 102 cm³/mol. The van der Waals surface area contributed by atoms with Crippen LogP contribution in [0.2, 0.25) is 0 Å². The standard InChI is InChI=1S/C20H17FN2O3S/c1-12-8-9-16(15(21)10-12)23-17(24)11-26-20(25)18-13(2)22-19(27-18)14-6-4-3-5-7-14/h3-10H,11H2,1-2H3,(H,23,24). The Bertz CT molecular complexity index is 986. The van der Waals surface area contributed by atoms with Crippen LogP contribution in [0.25, 0.3) is 10.6 Å². The number of carbonyl (C=O) groups excluding carboxylic acids is 2. The van der Waals surface area contributed by atoms with E-state index in [1.165, 1.54) is 23.5 Å². The summed E-state index contributed by atoms with van der Waals surface area (Å²) in [7, 11) is 0. The van der Waals surface area contributed by atoms with Crippen LogP contribution < -0.4 is 5.32 Å². The van der Waals surface area contributed by atoms with E-state index in [-0.39, 0.29) is 5.69 Å². The van der Waals surface area contributed by atoms with Gasteiger partial charge in [-0.3, -0.25) is 4.79 Å². The van der Waals surface area contributed by atoms with E-state index in [0.717, 1.165) is 11.1 Å². The Labute approximate surface area is 159 Å². The Kier molecular flexibility index (Phi) is 5.61. The largest absolute Gasteiger partial charge is 0.451 e. The summed E-state index contributed by atoms with van der Waals surface area (Å²) in [4.78, 5) is 28.9. The molecule has 0 aliphatic carbocycles. The van der Waals surface area contributed by atoms with Crippen molar-refractivity contribution in [3.63, 3.8) is 0 Å². The van der Waals surface area contributed by atoms with Gasteiger partial charge in [0.15, 0.2) is 6.61 Å². The lowest BCUT2D eigenvalue weighted by Gasteiger charge is -2.07. The first-order valence-corrected chi connectivity index (χ1v) is 9.01. The molecule has 0 bridgehead atoms. The zero-order valence-corrected chi connectivity index (χ0v) is 15.6. The first-order chi connectivity index (χ1) is 12.9. The van der Waals surface area contributed by atoms with Gasteiger partial charge in [0.1, 0.15) is 15.7 Å². The van der Waals surface area contributed by atoms with Gasteiger partial charge in [-0.1, -0.05) is 36.4 Å². The van der Waals surface area contributed by atoms with Gasteiger partial charge < -0.3 is 10.1 Å². The van der Waals surface area contributed by atoms with Crippen LogP contribution in [-0.2, 0) is 9.53 Å². The molecule has 7 heteroatoms. The van der Waals surface area contributed by atoms with E-state index in [4.69, 9.17) is 4.74 Å². The highest BCUT2D eigenvalue weighted by Gasteiger charge is 2.19. The van der Waals surface area contributed by atoms with Crippen molar-refractivity contribution in [3.05, 3.63) is 70.5 Å². The fourth-order valence-electron chi connectivity index (χ4n) is 2.39. The summed E-state index contributed by atoms with van der Waals surface area (Å²) in [5.74, 6) is -1.79. The second-order valence-corrected chi connectivity index (χ2v) is 6.91. The second-order valence-electron chi connectivity index (χ2n) is 5.91. The molecule has 0 radical (unpaired) electrons. The summed E-state index contributed by atoms with van der Waals surface area (Å²) >= 11 is 1.20. The molecule has 1 N–H and O–H groups in total. The number of halogens is 1. The first-order valence-electron chi connectivity index (χ1n) is 8.20. The molecule has 3 rings (SSSR count). The van der Waals surface area contributed by atoms with Crippen LogP contribution in [-0.4, -0.2) is 23.5 Å². The number of amides is 1. The molecule has 3 aromatic rings. The lowest BCUT2D eigenvalue weighted by molar-refractivity contribution is -0.119. The molecule has 138 valence electrons. The lowest BCUT2D eigenvalue weighted by atomic mass is 10.2. The van der Waals surface area contributed by atoms with E-state index in [1.54, 1.807) is 19.9 Å². The SMILES string of the molecule is Cc1ccc(NC(=O)COC(=O)c2sc(-c3ccccc3)nc2C)c(F)c1. The maximum absolute atomic E-state index is 13.8. The number of hydrogen-bond acceptors (Lipinski definition) is 5. The van der Waals surface area contributed by atoms with Gasteiger partial charge in [-0.05, 0) is 31.5 Å². The van der Waals surface area contributed by atoms with Crippen molar-refractivity contribution in [1.82, 2.24) is 4.98 Å². The van der Waals surface area contributed by atoms with Gasteiger partial charge in [-0.15, -0.1) is 11.3 Å². The van der Waals surface area contributed by atoms with Gasteiger partial charge in [0.2, 0.25) is 0 Å². The van der Waals surface area contributed by atoms with Crippen LogP contribution in [0.4, 0.5) is 10.1 Å². The molecule has 0 aliphatic rings. The van der Waals surface area contributed by atoms with Gasteiger partial charge in [-0.2, -0.15) is 0 Å². The third kappa shape index (κ3) is 4.57. The van der Waals surface area contributed by atoms with E-state index in [2.05, 4.69) is 10.3 Å². The quantitative estimate of drug-likeness (QED) is 0.664. The first kappa shape index (κ1) is 18.7. The van der Waals surface area contributed by atoms with Gasteiger partial charge in [0.25, 0.3) is 5.91 Å². The number of nitrogens with zero attached hydrogens (tertiary/aromatic N) is 1. The molecular formula is C20H17FN2O3S. The van der Waals surface area contributed by atoms with Crippen molar-refractivity contribution in [3.8, 4) is 10.6 Å². The third-order valence-electron chi connectivity index (χ3n) is 3.74. The number of aromatic nitrogens is 1. The van der Waals surface area contributed by atoms with Crippen LogP contribution in [0.3, 0.4) is 0 Å². The van der Waals surface area contributed by atoms with Crippen molar-refractivity contribution in [1.29, 1.82) is 0 Å². The topological polar surface area (TPSA) is 68.3 Å². The van der Waals surface area contributed by atoms with Gasteiger partial charge in [0, 0.05) is 5.56 Å². The van der Waals surface area contributed by atoms with E-state index < -0.39 is 24.3 Å². The monoisotopic (exact) mass is 384 g/mol. The van der Waals surface area contributed by atoms with Crippen LogP contribution in [0, 0.1) is 19.7 Å². The molecule has 0 saturated heterocycles. The Hall–Kier alpha value is -3.06. The number of rotatable bonds is 5. The number of nitrogens with one attached hydrogen (secondary N) is 1. The molecule has 0 atom stereocenters. The van der Waals surface area contributed by atoms with Crippen molar-refractivity contribution in [2.75, 3.05) is 11.9 Å². The van der Waals surface area contributed by atoms with Crippen LogP contribution in [0.15, 0.2) is 48.5 Å². The van der Waals surface area contributed by atoms with Crippen LogP contribution >= 0.6 is 11.3 Å². The molecular weight excluding hydrogens is 367 g/mol. The summed E-state index contributed by atoms with van der Waals surface area (Å²) in [5, 5.41) is 3.09. The molecule has 5 nitrogen and oxygen atoms in total. The molecule has 1 aromatic heterocycles. The number of ether oxygens (including phenoxy) is 1. The Balaban J connectivity index is 1.62. The smallest absolute Gasteiger partial charge is 0.350 e. The number of thiazole rings is 1. The van der Waals surface area contributed by atoms with Crippen molar-refractivity contribution < 1.29 is 18.7 Å². The summed E-state index contributed by atoms with van der Waals surface area (Å²) in [6, 6.07) is 13.9. The number of hydrogen-bond donors (Lipinski definition) is 1. The van der Waals surface area contributed by atoms with E-state index >= 15 is 0 Å². The minimum atomic E-state index is -0.633. The lowest BCUT2D eigenvalue weighted by Crippen LogP contribution is -2.21. The van der Waals surface area contributed by atoms with Gasteiger partial charge >= 0.3 is 5.97 Å². The Morgan fingerprint density at radius 3 is 2.59 bits per heavy atom. The average molecular weight is 384 g/mol. The Morgan fingerprint density at radius 2 is 1.89 bits per heavy atom. The summed E-state index contributed by atoms with van der Waals surface area (Å²) in [6.07, 6.45) is 0. The molecule has 1 heterocycles. The number of esters is 1. The van der Waals surface area contributed by atoms with Gasteiger partial charge in [-0.25, -0.2) is 14.2 Å². The fourth-order valence-corrected chi connectivity index (χ4v) is 3.36. The Morgan fingerprint density at radius 1 is 1.15 bits per heavy atom. The van der Waals surface area contributed by atoms with Crippen molar-refractivity contribution >= 4 is 28.9 Å². The molecule has 0 aliphatic heterocycles. The minimum Gasteiger partial charge on any atom is -0.451 e. The van der Waals surface area contributed by atoms with Crippen LogP contribution in [0.5, 0.6) is 0 Å². The highest BCUT2D eigenvalue weighted by molar-refractivity contribution is 7.17. The average Bonchev–Trinajstić information content (AvgIpc) is 3.05. The maximum Gasteiger partial charge on any atom is 0.350 e. The summed E-state index contributed by atoms with van der Waals surface area (Å²) < 4.78 is 18.8. The molecule has 0 saturated carbocycles. The summed E-state index contributed by atoms with van der Waals surface area (Å²) in [6.45, 7) is 2.95. The fraction of sp³-hybridized carbons (Fsp3) is 0.150. The zero-order chi connectivity index (χ0) is 19.4. The maximum atomic E-state index is 13.8. The van der Waals surface area contributed by atoms with E-state index in [0.29, 0.717) is 15.6 Å². The molecule has 0 spiro atoms. The number of anilines is 1. The summed E-state index contributed by atoms with van der Waals surface area (Å²) in [5.41, 5.74) is 2.22. The molecule has 1 amide bonds.